The molecule has 0 bridgehead atoms. The van der Waals surface area contributed by atoms with Gasteiger partial charge in [-0.1, -0.05) is 31.4 Å². The minimum Gasteiger partial charge on any atom is -0.390 e. The number of nitrogens with one attached hydrogen (secondary N) is 3. The summed E-state index contributed by atoms with van der Waals surface area (Å²) in [7, 11) is 0. The number of fused-ring (bicyclic) bond motifs is 1. The van der Waals surface area contributed by atoms with Crippen molar-refractivity contribution in [2.75, 3.05) is 11.9 Å². The SMILES string of the molecule is CCC1(CC2CCCN2)NC(=O)c2c(Cl)cc(NC3(/C=C\N=C/N)CCCC3)c(=O)n21. The largest absolute Gasteiger partial charge is 0.390 e. The van der Waals surface area contributed by atoms with E-state index in [4.69, 9.17) is 17.3 Å². The fourth-order valence-electron chi connectivity index (χ4n) is 5.33. The van der Waals surface area contributed by atoms with Crippen LogP contribution in [0.4, 0.5) is 5.69 Å². The van der Waals surface area contributed by atoms with Gasteiger partial charge >= 0.3 is 0 Å². The van der Waals surface area contributed by atoms with Crippen molar-refractivity contribution in [3.8, 4) is 0 Å². The highest BCUT2D eigenvalue weighted by molar-refractivity contribution is 6.34. The summed E-state index contributed by atoms with van der Waals surface area (Å²) in [6.07, 6.45) is 12.1. The van der Waals surface area contributed by atoms with E-state index >= 15 is 0 Å². The molecule has 2 atom stereocenters. The average Bonchev–Trinajstić information content (AvgIpc) is 3.47. The molecule has 1 aromatic rings. The van der Waals surface area contributed by atoms with Gasteiger partial charge in [-0.2, -0.15) is 0 Å². The highest BCUT2D eigenvalue weighted by Crippen LogP contribution is 2.37. The molecule has 2 fully saturated rings. The van der Waals surface area contributed by atoms with Gasteiger partial charge in [-0.15, -0.1) is 0 Å². The summed E-state index contributed by atoms with van der Waals surface area (Å²) in [5.74, 6) is -0.291. The molecule has 9 heteroatoms. The third-order valence-corrected chi connectivity index (χ3v) is 7.21. The van der Waals surface area contributed by atoms with Gasteiger partial charge in [0.2, 0.25) is 0 Å². The van der Waals surface area contributed by atoms with Gasteiger partial charge in [-0.3, -0.25) is 14.2 Å². The molecule has 1 amide bonds. The van der Waals surface area contributed by atoms with Gasteiger partial charge < -0.3 is 21.7 Å². The Morgan fingerprint density at radius 1 is 1.35 bits per heavy atom. The van der Waals surface area contributed by atoms with E-state index in [1.807, 2.05) is 13.0 Å². The molecule has 1 saturated heterocycles. The molecule has 2 unspecified atom stereocenters. The highest BCUT2D eigenvalue weighted by atomic mass is 35.5. The number of carbonyl (C=O) groups excluding carboxylic acids is 1. The molecule has 0 radical (unpaired) electrons. The first-order valence-electron chi connectivity index (χ1n) is 11.1. The van der Waals surface area contributed by atoms with E-state index < -0.39 is 5.66 Å². The molecule has 4 rings (SSSR count). The van der Waals surface area contributed by atoms with E-state index in [-0.39, 0.29) is 33.8 Å². The van der Waals surface area contributed by atoms with Crippen molar-refractivity contribution in [3.05, 3.63) is 39.4 Å². The maximum absolute atomic E-state index is 13.7. The van der Waals surface area contributed by atoms with Gasteiger partial charge in [0.15, 0.2) is 0 Å². The number of anilines is 1. The van der Waals surface area contributed by atoms with E-state index in [0.717, 1.165) is 45.1 Å². The Morgan fingerprint density at radius 3 is 2.77 bits per heavy atom. The summed E-state index contributed by atoms with van der Waals surface area (Å²) < 4.78 is 1.60. The van der Waals surface area contributed by atoms with Gasteiger partial charge in [0.05, 0.1) is 16.9 Å². The fraction of sp³-hybridized carbons (Fsp3) is 0.591. The third-order valence-electron chi connectivity index (χ3n) is 6.92. The molecule has 0 aromatic carbocycles. The van der Waals surface area contributed by atoms with Crippen molar-refractivity contribution in [1.82, 2.24) is 15.2 Å². The normalized spacial score (nSPS) is 27.3. The van der Waals surface area contributed by atoms with Gasteiger partial charge in [0.1, 0.15) is 17.0 Å². The first-order chi connectivity index (χ1) is 14.9. The van der Waals surface area contributed by atoms with Gasteiger partial charge in [-0.25, -0.2) is 4.99 Å². The zero-order chi connectivity index (χ0) is 22.1. The minimum atomic E-state index is -0.782. The number of aliphatic imine (C=N–C) groups is 1. The van der Waals surface area contributed by atoms with Crippen LogP contribution in [-0.2, 0) is 5.66 Å². The number of nitrogens with two attached hydrogens (primary N) is 1. The summed E-state index contributed by atoms with van der Waals surface area (Å²) in [4.78, 5) is 30.6. The van der Waals surface area contributed by atoms with Crippen LogP contribution in [0.5, 0.6) is 0 Å². The number of aromatic nitrogens is 1. The molecule has 8 nitrogen and oxygen atoms in total. The Hall–Kier alpha value is -2.32. The molecular weight excluding hydrogens is 416 g/mol. The second-order valence-electron chi connectivity index (χ2n) is 8.83. The van der Waals surface area contributed by atoms with Gasteiger partial charge in [-0.05, 0) is 50.8 Å². The molecule has 3 aliphatic rings. The first kappa shape index (κ1) is 21.9. The third kappa shape index (κ3) is 3.99. The molecular formula is C22H31ClN6O2. The number of rotatable bonds is 7. The monoisotopic (exact) mass is 446 g/mol. The number of hydrogen-bond donors (Lipinski definition) is 4. The lowest BCUT2D eigenvalue weighted by atomic mass is 9.95. The van der Waals surface area contributed by atoms with Crippen LogP contribution < -0.4 is 27.2 Å². The molecule has 2 aliphatic heterocycles. The Bertz CT molecular complexity index is 959. The number of nitrogens with zero attached hydrogens (tertiary/aromatic N) is 2. The Kier molecular flexibility index (Phi) is 6.12. The quantitative estimate of drug-likeness (QED) is 0.380. The summed E-state index contributed by atoms with van der Waals surface area (Å²) in [6, 6.07) is 1.85. The van der Waals surface area contributed by atoms with Crippen molar-refractivity contribution >= 4 is 29.5 Å². The molecule has 5 N–H and O–H groups in total. The van der Waals surface area contributed by atoms with E-state index in [1.54, 1.807) is 16.8 Å². The number of carbonyl (C=O) groups is 1. The van der Waals surface area contributed by atoms with Crippen LogP contribution in [-0.4, -0.2) is 34.9 Å². The smallest absolute Gasteiger partial charge is 0.276 e. The number of amides is 1. The van der Waals surface area contributed by atoms with Crippen LogP contribution >= 0.6 is 11.6 Å². The van der Waals surface area contributed by atoms with Gasteiger partial charge in [0.25, 0.3) is 11.5 Å². The summed E-state index contributed by atoms with van der Waals surface area (Å²) >= 11 is 6.57. The molecule has 3 heterocycles. The van der Waals surface area contributed by atoms with E-state index in [1.165, 1.54) is 6.34 Å². The molecule has 31 heavy (non-hydrogen) atoms. The maximum atomic E-state index is 13.7. The van der Waals surface area contributed by atoms with Crippen molar-refractivity contribution in [2.24, 2.45) is 10.7 Å². The summed E-state index contributed by atoms with van der Waals surface area (Å²) in [5.41, 5.74) is 4.63. The second-order valence-corrected chi connectivity index (χ2v) is 9.24. The van der Waals surface area contributed by atoms with Crippen LogP contribution in [0.1, 0.15) is 68.8 Å². The Morgan fingerprint density at radius 2 is 2.13 bits per heavy atom. The topological polar surface area (TPSA) is 114 Å². The Labute approximate surface area is 187 Å². The standard InChI is InChI=1S/C22H31ClN6O2/c1-2-22(13-15-6-5-10-26-15)28-19(30)18-16(23)12-17(20(31)29(18)22)27-21(7-3-4-8-21)9-11-25-14-24/h9,11-12,14-15,26-27H,2-8,10,13H2,1H3,(H2,24,25)(H,28,30)/b11-9-. The fourth-order valence-corrected chi connectivity index (χ4v) is 5.61. The minimum absolute atomic E-state index is 0.223. The predicted molar refractivity (Wildman–Crippen MR) is 124 cm³/mol. The van der Waals surface area contributed by atoms with Crippen molar-refractivity contribution in [1.29, 1.82) is 0 Å². The lowest BCUT2D eigenvalue weighted by Gasteiger charge is -2.34. The van der Waals surface area contributed by atoms with Crippen LogP contribution in [0.3, 0.4) is 0 Å². The number of hydrogen-bond acceptors (Lipinski definition) is 5. The van der Waals surface area contributed by atoms with Gasteiger partial charge in [0, 0.05) is 18.7 Å². The van der Waals surface area contributed by atoms with Crippen molar-refractivity contribution in [3.63, 3.8) is 0 Å². The van der Waals surface area contributed by atoms with Crippen molar-refractivity contribution < 1.29 is 4.79 Å². The van der Waals surface area contributed by atoms with Crippen molar-refractivity contribution in [2.45, 2.75) is 75.5 Å². The molecule has 1 saturated carbocycles. The number of halogens is 1. The Balaban J connectivity index is 1.76. The lowest BCUT2D eigenvalue weighted by molar-refractivity contribution is 0.0897. The molecule has 168 valence electrons. The molecule has 0 spiro atoms. The summed E-state index contributed by atoms with van der Waals surface area (Å²) in [5, 5.41) is 10.3. The molecule has 1 aliphatic carbocycles. The van der Waals surface area contributed by atoms with Crippen LogP contribution in [0, 0.1) is 0 Å². The maximum Gasteiger partial charge on any atom is 0.276 e. The van der Waals surface area contributed by atoms with E-state index in [0.29, 0.717) is 18.5 Å². The highest BCUT2D eigenvalue weighted by Gasteiger charge is 2.46. The van der Waals surface area contributed by atoms with Crippen LogP contribution in [0.2, 0.25) is 5.02 Å². The summed E-state index contributed by atoms with van der Waals surface area (Å²) in [6.45, 7) is 2.96. The average molecular weight is 447 g/mol. The van der Waals surface area contributed by atoms with E-state index in [9.17, 15) is 9.59 Å². The predicted octanol–water partition coefficient (Wildman–Crippen LogP) is 2.68. The van der Waals surface area contributed by atoms with E-state index in [2.05, 4.69) is 20.9 Å². The second kappa shape index (κ2) is 8.67. The zero-order valence-corrected chi connectivity index (χ0v) is 18.7. The number of pyridine rings is 1. The lowest BCUT2D eigenvalue weighted by Crippen LogP contribution is -2.51. The van der Waals surface area contributed by atoms with Crippen LogP contribution in [0.25, 0.3) is 0 Å². The zero-order valence-electron chi connectivity index (χ0n) is 17.9. The molecule has 1 aromatic heterocycles. The first-order valence-corrected chi connectivity index (χ1v) is 11.5. The van der Waals surface area contributed by atoms with Crippen LogP contribution in [0.15, 0.2) is 28.1 Å².